The number of amides is 2. The maximum Gasteiger partial charge on any atom is 0.341 e. The van der Waals surface area contributed by atoms with Crippen molar-refractivity contribution in [2.75, 3.05) is 38.7 Å². The molecule has 10 nitrogen and oxygen atoms in total. The first-order valence-electron chi connectivity index (χ1n) is 7.95. The first-order valence-corrected chi connectivity index (χ1v) is 7.95. The third-order valence-corrected chi connectivity index (χ3v) is 3.76. The van der Waals surface area contributed by atoms with Crippen LogP contribution in [0, 0.1) is 10.1 Å². The minimum Gasteiger partial charge on any atom is -0.452 e. The molecule has 0 bridgehead atoms. The fraction of sp³-hybridized carbons (Fsp3) is 0.438. The summed E-state index contributed by atoms with van der Waals surface area (Å²) in [5.74, 6) is -1.81. The third-order valence-electron chi connectivity index (χ3n) is 3.76. The number of hydrogen-bond acceptors (Lipinski definition) is 8. The van der Waals surface area contributed by atoms with Crippen LogP contribution in [0.3, 0.4) is 0 Å². The van der Waals surface area contributed by atoms with Crippen molar-refractivity contribution in [2.45, 2.75) is 12.8 Å². The van der Waals surface area contributed by atoms with Gasteiger partial charge in [-0.15, -0.1) is 0 Å². The number of benzene rings is 1. The fourth-order valence-electron chi connectivity index (χ4n) is 2.45. The number of carbonyl (C=O) groups is 3. The number of nitro benzene ring substituents is 1. The lowest BCUT2D eigenvalue weighted by Crippen LogP contribution is -2.35. The van der Waals surface area contributed by atoms with Crippen LogP contribution in [0.1, 0.15) is 23.2 Å². The Bertz CT molecular complexity index is 720. The van der Waals surface area contributed by atoms with Crippen LogP contribution in [0.15, 0.2) is 18.2 Å². The van der Waals surface area contributed by atoms with Gasteiger partial charge in [-0.3, -0.25) is 24.6 Å². The van der Waals surface area contributed by atoms with Crippen LogP contribution in [-0.4, -0.2) is 61.0 Å². The van der Waals surface area contributed by atoms with Gasteiger partial charge in [0.15, 0.2) is 6.61 Å². The summed E-state index contributed by atoms with van der Waals surface area (Å²) >= 11 is 0. The smallest absolute Gasteiger partial charge is 0.341 e. The molecule has 1 aliphatic heterocycles. The summed E-state index contributed by atoms with van der Waals surface area (Å²) in [4.78, 5) is 47.1. The maximum atomic E-state index is 12.3. The summed E-state index contributed by atoms with van der Waals surface area (Å²) in [6, 6.07) is 3.71. The van der Waals surface area contributed by atoms with Gasteiger partial charge < -0.3 is 14.8 Å². The average molecular weight is 365 g/mol. The second kappa shape index (κ2) is 8.90. The minimum atomic E-state index is -0.895. The van der Waals surface area contributed by atoms with Crippen LogP contribution in [-0.2, 0) is 19.1 Å². The van der Waals surface area contributed by atoms with Gasteiger partial charge in [0.25, 0.3) is 11.6 Å². The SMILES string of the molecule is COCCNc1ccc([N+](=O)[O-])cc1C(=O)OCC(=O)N1CCCC1=O. The number of hydrogen-bond donors (Lipinski definition) is 1. The van der Waals surface area contributed by atoms with E-state index in [0.717, 1.165) is 11.0 Å². The van der Waals surface area contributed by atoms with Crippen molar-refractivity contribution in [2.24, 2.45) is 0 Å². The molecule has 1 aromatic carbocycles. The third kappa shape index (κ3) is 4.76. The predicted octanol–water partition coefficient (Wildman–Crippen LogP) is 0.959. The maximum absolute atomic E-state index is 12.3. The number of likely N-dealkylation sites (tertiary alicyclic amines) is 1. The summed E-state index contributed by atoms with van der Waals surface area (Å²) < 4.78 is 9.86. The molecule has 2 amide bonds. The number of carbonyl (C=O) groups excluding carboxylic acids is 3. The van der Waals surface area contributed by atoms with E-state index in [-0.39, 0.29) is 23.6 Å². The molecule has 26 heavy (non-hydrogen) atoms. The molecule has 1 N–H and O–H groups in total. The van der Waals surface area contributed by atoms with Gasteiger partial charge in [-0.25, -0.2) is 4.79 Å². The highest BCUT2D eigenvalue weighted by molar-refractivity contribution is 6.00. The van der Waals surface area contributed by atoms with Crippen molar-refractivity contribution < 1.29 is 28.8 Å². The zero-order chi connectivity index (χ0) is 19.1. The number of rotatable bonds is 8. The van der Waals surface area contributed by atoms with Crippen LogP contribution in [0.4, 0.5) is 11.4 Å². The number of anilines is 1. The van der Waals surface area contributed by atoms with Crippen LogP contribution in [0.5, 0.6) is 0 Å². The van der Waals surface area contributed by atoms with Crippen molar-refractivity contribution >= 4 is 29.2 Å². The molecule has 0 unspecified atom stereocenters. The number of esters is 1. The van der Waals surface area contributed by atoms with Gasteiger partial charge in [0.2, 0.25) is 5.91 Å². The number of nitrogens with zero attached hydrogens (tertiary/aromatic N) is 2. The predicted molar refractivity (Wildman–Crippen MR) is 89.7 cm³/mol. The lowest BCUT2D eigenvalue weighted by molar-refractivity contribution is -0.384. The van der Waals surface area contributed by atoms with E-state index in [1.54, 1.807) is 0 Å². The van der Waals surface area contributed by atoms with Crippen LogP contribution < -0.4 is 5.32 Å². The highest BCUT2D eigenvalue weighted by Crippen LogP contribution is 2.23. The summed E-state index contributed by atoms with van der Waals surface area (Å²) in [6.07, 6.45) is 0.870. The molecule has 2 rings (SSSR count). The molecule has 1 aliphatic rings. The molecule has 1 fully saturated rings. The highest BCUT2D eigenvalue weighted by atomic mass is 16.6. The van der Waals surface area contributed by atoms with E-state index in [0.29, 0.717) is 31.8 Å². The summed E-state index contributed by atoms with van der Waals surface area (Å²) in [5.41, 5.74) is -0.0338. The number of nitrogens with one attached hydrogen (secondary N) is 1. The van der Waals surface area contributed by atoms with Gasteiger partial charge in [0.05, 0.1) is 17.1 Å². The molecule has 0 aromatic heterocycles. The topological polar surface area (TPSA) is 128 Å². The minimum absolute atomic E-state index is 0.0733. The Labute approximate surface area is 149 Å². The Kier molecular flexibility index (Phi) is 6.61. The highest BCUT2D eigenvalue weighted by Gasteiger charge is 2.27. The number of non-ortho nitro benzene ring substituents is 1. The van der Waals surface area contributed by atoms with Crippen molar-refractivity contribution in [1.29, 1.82) is 0 Å². The normalized spacial score (nSPS) is 13.6. The molecule has 0 radical (unpaired) electrons. The van der Waals surface area contributed by atoms with E-state index in [2.05, 4.69) is 5.32 Å². The number of imide groups is 1. The first-order chi connectivity index (χ1) is 12.4. The Morgan fingerprint density at radius 2 is 2.15 bits per heavy atom. The van der Waals surface area contributed by atoms with Gasteiger partial charge in [-0.2, -0.15) is 0 Å². The van der Waals surface area contributed by atoms with Crippen molar-refractivity contribution in [3.63, 3.8) is 0 Å². The number of nitro groups is 1. The molecule has 10 heteroatoms. The van der Waals surface area contributed by atoms with Crippen LogP contribution in [0.2, 0.25) is 0 Å². The van der Waals surface area contributed by atoms with Gasteiger partial charge in [-0.1, -0.05) is 0 Å². The summed E-state index contributed by atoms with van der Waals surface area (Å²) in [5, 5.41) is 13.9. The number of ether oxygens (including phenoxy) is 2. The van der Waals surface area contributed by atoms with E-state index in [1.807, 2.05) is 0 Å². The molecule has 1 heterocycles. The Balaban J connectivity index is 2.09. The van der Waals surface area contributed by atoms with E-state index in [4.69, 9.17) is 9.47 Å². The lowest BCUT2D eigenvalue weighted by Gasteiger charge is -2.14. The zero-order valence-corrected chi connectivity index (χ0v) is 14.2. The number of methoxy groups -OCH3 is 1. The average Bonchev–Trinajstić information content (AvgIpc) is 3.05. The lowest BCUT2D eigenvalue weighted by atomic mass is 10.1. The Morgan fingerprint density at radius 3 is 2.77 bits per heavy atom. The molecule has 1 aromatic rings. The van der Waals surface area contributed by atoms with Crippen molar-refractivity contribution in [1.82, 2.24) is 4.90 Å². The van der Waals surface area contributed by atoms with Crippen molar-refractivity contribution in [3.8, 4) is 0 Å². The van der Waals surface area contributed by atoms with Crippen LogP contribution in [0.25, 0.3) is 0 Å². The molecule has 140 valence electrons. The molecular weight excluding hydrogens is 346 g/mol. The monoisotopic (exact) mass is 365 g/mol. The molecule has 0 aliphatic carbocycles. The summed E-state index contributed by atoms with van der Waals surface area (Å²) in [6.45, 7) is 0.428. The quantitative estimate of drug-likeness (QED) is 0.312. The molecular formula is C16H19N3O7. The first kappa shape index (κ1) is 19.3. The van der Waals surface area contributed by atoms with Crippen LogP contribution >= 0.6 is 0 Å². The summed E-state index contributed by atoms with van der Waals surface area (Å²) in [7, 11) is 1.51. The van der Waals surface area contributed by atoms with E-state index < -0.39 is 23.4 Å². The second-order valence-electron chi connectivity index (χ2n) is 5.53. The van der Waals surface area contributed by atoms with Gasteiger partial charge >= 0.3 is 5.97 Å². The molecule has 0 spiro atoms. The van der Waals surface area contributed by atoms with Gasteiger partial charge in [0.1, 0.15) is 0 Å². The Hall–Kier alpha value is -3.01. The van der Waals surface area contributed by atoms with Gasteiger partial charge in [-0.05, 0) is 12.5 Å². The standard InChI is InChI=1S/C16H19N3O7/c1-25-8-6-17-13-5-4-11(19(23)24)9-12(13)16(22)26-10-15(21)18-7-2-3-14(18)20/h4-5,9,17H,2-3,6-8,10H2,1H3. The second-order valence-corrected chi connectivity index (χ2v) is 5.53. The van der Waals surface area contributed by atoms with E-state index in [1.165, 1.54) is 19.2 Å². The van der Waals surface area contributed by atoms with E-state index in [9.17, 15) is 24.5 Å². The largest absolute Gasteiger partial charge is 0.452 e. The van der Waals surface area contributed by atoms with Crippen molar-refractivity contribution in [3.05, 3.63) is 33.9 Å². The van der Waals surface area contributed by atoms with E-state index >= 15 is 0 Å². The molecule has 1 saturated heterocycles. The Morgan fingerprint density at radius 1 is 1.38 bits per heavy atom. The van der Waals surface area contributed by atoms with Gasteiger partial charge in [0, 0.05) is 44.4 Å². The fourth-order valence-corrected chi connectivity index (χ4v) is 2.45. The molecule has 0 saturated carbocycles. The molecule has 0 atom stereocenters. The zero-order valence-electron chi connectivity index (χ0n) is 14.2.